The lowest BCUT2D eigenvalue weighted by atomic mass is 9.78. The molecule has 0 spiro atoms. The van der Waals surface area contributed by atoms with Crippen molar-refractivity contribution >= 4 is 29.7 Å². The molecule has 1 saturated heterocycles. The van der Waals surface area contributed by atoms with E-state index in [-0.39, 0.29) is 5.91 Å². The molecule has 3 heterocycles. The standard InChI is InChI=1S/C21H24BN3O3/c1-14-9-10-15(22-27-20(2,3)21(4,5)28-22)12-17(14)24-19(26)16-13-23-25-11-7-6-8-18(16)25/h6-13H,1-5H3,(H,24,26). The number of benzene rings is 1. The minimum atomic E-state index is -0.474. The molecule has 3 aromatic rings. The SMILES string of the molecule is Cc1ccc(B2OC(C)(C)C(C)(C)O2)cc1NC(=O)c1cnn2ccccc12. The summed E-state index contributed by atoms with van der Waals surface area (Å²) in [4.78, 5) is 12.9. The molecule has 0 unspecified atom stereocenters. The molecule has 6 nitrogen and oxygen atoms in total. The van der Waals surface area contributed by atoms with Crippen LogP contribution in [0.4, 0.5) is 5.69 Å². The average molecular weight is 377 g/mol. The zero-order valence-electron chi connectivity index (χ0n) is 16.8. The lowest BCUT2D eigenvalue weighted by Gasteiger charge is -2.32. The number of anilines is 1. The first-order chi connectivity index (χ1) is 13.2. The monoisotopic (exact) mass is 377 g/mol. The van der Waals surface area contributed by atoms with Gasteiger partial charge in [-0.1, -0.05) is 18.2 Å². The summed E-state index contributed by atoms with van der Waals surface area (Å²) in [6.45, 7) is 10.0. The van der Waals surface area contributed by atoms with Crippen LogP contribution in [0.15, 0.2) is 48.8 Å². The van der Waals surface area contributed by atoms with Crippen molar-refractivity contribution in [2.75, 3.05) is 5.32 Å². The minimum Gasteiger partial charge on any atom is -0.399 e. The van der Waals surface area contributed by atoms with Crippen molar-refractivity contribution in [2.45, 2.75) is 45.8 Å². The molecule has 1 aliphatic rings. The van der Waals surface area contributed by atoms with E-state index in [0.29, 0.717) is 5.56 Å². The molecule has 0 radical (unpaired) electrons. The third kappa shape index (κ3) is 3.10. The van der Waals surface area contributed by atoms with Crippen LogP contribution in [0.1, 0.15) is 43.6 Å². The van der Waals surface area contributed by atoms with Gasteiger partial charge < -0.3 is 14.6 Å². The van der Waals surface area contributed by atoms with Gasteiger partial charge in [-0.25, -0.2) is 4.52 Å². The van der Waals surface area contributed by atoms with Gasteiger partial charge in [0.2, 0.25) is 0 Å². The molecule has 1 aromatic carbocycles. The molecule has 0 saturated carbocycles. The molecule has 1 N–H and O–H groups in total. The Hall–Kier alpha value is -2.64. The van der Waals surface area contributed by atoms with Crippen LogP contribution in [0.25, 0.3) is 5.52 Å². The van der Waals surface area contributed by atoms with Crippen molar-refractivity contribution in [1.29, 1.82) is 0 Å². The highest BCUT2D eigenvalue weighted by atomic mass is 16.7. The fourth-order valence-corrected chi connectivity index (χ4v) is 3.20. The Balaban J connectivity index is 1.61. The van der Waals surface area contributed by atoms with E-state index in [1.807, 2.05) is 77.2 Å². The summed E-state index contributed by atoms with van der Waals surface area (Å²) < 4.78 is 13.9. The van der Waals surface area contributed by atoms with Crippen LogP contribution in [0.3, 0.4) is 0 Å². The van der Waals surface area contributed by atoms with Crippen LogP contribution in [0, 0.1) is 6.92 Å². The van der Waals surface area contributed by atoms with Gasteiger partial charge in [0.05, 0.1) is 28.5 Å². The molecule has 1 amide bonds. The Morgan fingerprint density at radius 1 is 1.11 bits per heavy atom. The molecule has 1 fully saturated rings. The summed E-state index contributed by atoms with van der Waals surface area (Å²) in [5.41, 5.74) is 3.03. The largest absolute Gasteiger partial charge is 0.494 e. The lowest BCUT2D eigenvalue weighted by Crippen LogP contribution is -2.41. The fraction of sp³-hybridized carbons (Fsp3) is 0.333. The van der Waals surface area contributed by atoms with Crippen LogP contribution >= 0.6 is 0 Å². The highest BCUT2D eigenvalue weighted by Gasteiger charge is 2.51. The maximum atomic E-state index is 12.9. The van der Waals surface area contributed by atoms with E-state index >= 15 is 0 Å². The van der Waals surface area contributed by atoms with Crippen molar-refractivity contribution in [1.82, 2.24) is 9.61 Å². The number of amides is 1. The van der Waals surface area contributed by atoms with Crippen LogP contribution < -0.4 is 10.8 Å². The van der Waals surface area contributed by atoms with E-state index in [2.05, 4.69) is 10.4 Å². The minimum absolute atomic E-state index is 0.199. The molecule has 7 heteroatoms. The summed E-state index contributed by atoms with van der Waals surface area (Å²) in [6, 6.07) is 11.5. The Kier molecular flexibility index (Phi) is 4.32. The van der Waals surface area contributed by atoms with Crippen LogP contribution in [0.2, 0.25) is 0 Å². The Bertz CT molecular complexity index is 1040. The van der Waals surface area contributed by atoms with E-state index < -0.39 is 18.3 Å². The summed E-state index contributed by atoms with van der Waals surface area (Å²) in [6.07, 6.45) is 3.40. The summed E-state index contributed by atoms with van der Waals surface area (Å²) >= 11 is 0. The Morgan fingerprint density at radius 3 is 2.54 bits per heavy atom. The second-order valence-corrected chi connectivity index (χ2v) is 8.21. The zero-order valence-corrected chi connectivity index (χ0v) is 16.8. The number of aryl methyl sites for hydroxylation is 1. The number of pyridine rings is 1. The highest BCUT2D eigenvalue weighted by Crippen LogP contribution is 2.36. The number of aromatic nitrogens is 2. The maximum absolute atomic E-state index is 12.9. The number of hydrogen-bond acceptors (Lipinski definition) is 4. The maximum Gasteiger partial charge on any atom is 0.494 e. The van der Waals surface area contributed by atoms with Crippen molar-refractivity contribution in [3.8, 4) is 0 Å². The molecular formula is C21H24BN3O3. The average Bonchev–Trinajstić information content (AvgIpc) is 3.15. The third-order valence-corrected chi connectivity index (χ3v) is 5.71. The molecule has 1 aliphatic heterocycles. The molecule has 28 heavy (non-hydrogen) atoms. The van der Waals surface area contributed by atoms with Crippen molar-refractivity contribution in [3.63, 3.8) is 0 Å². The molecule has 0 bridgehead atoms. The van der Waals surface area contributed by atoms with Crippen LogP contribution in [0.5, 0.6) is 0 Å². The van der Waals surface area contributed by atoms with E-state index in [0.717, 1.165) is 22.2 Å². The molecule has 144 valence electrons. The summed E-state index contributed by atoms with van der Waals surface area (Å²) in [7, 11) is -0.474. The van der Waals surface area contributed by atoms with Gasteiger partial charge in [0.25, 0.3) is 5.91 Å². The third-order valence-electron chi connectivity index (χ3n) is 5.71. The van der Waals surface area contributed by atoms with E-state index in [1.165, 1.54) is 0 Å². The Morgan fingerprint density at radius 2 is 1.82 bits per heavy atom. The molecular weight excluding hydrogens is 353 g/mol. The molecule has 0 aliphatic carbocycles. The van der Waals surface area contributed by atoms with E-state index in [9.17, 15) is 4.79 Å². The Labute approximate surface area is 165 Å². The quantitative estimate of drug-likeness (QED) is 0.712. The van der Waals surface area contributed by atoms with E-state index in [1.54, 1.807) is 10.7 Å². The second-order valence-electron chi connectivity index (χ2n) is 8.21. The first-order valence-electron chi connectivity index (χ1n) is 9.38. The number of nitrogens with one attached hydrogen (secondary N) is 1. The van der Waals surface area contributed by atoms with Gasteiger partial charge in [0.15, 0.2) is 0 Å². The number of fused-ring (bicyclic) bond motifs is 1. The number of carbonyl (C=O) groups is 1. The van der Waals surface area contributed by atoms with Crippen molar-refractivity contribution in [3.05, 3.63) is 59.9 Å². The summed E-state index contributed by atoms with van der Waals surface area (Å²) in [5, 5.41) is 7.24. The molecule has 2 aromatic heterocycles. The van der Waals surface area contributed by atoms with Gasteiger partial charge in [-0.05, 0) is 63.8 Å². The van der Waals surface area contributed by atoms with E-state index in [4.69, 9.17) is 9.31 Å². The molecule has 0 atom stereocenters. The predicted octanol–water partition coefficient (Wildman–Crippen LogP) is 3.19. The first kappa shape index (κ1) is 18.7. The summed E-state index contributed by atoms with van der Waals surface area (Å²) in [5.74, 6) is -0.199. The van der Waals surface area contributed by atoms with Crippen LogP contribution in [-0.2, 0) is 9.31 Å². The normalized spacial score (nSPS) is 17.8. The predicted molar refractivity (Wildman–Crippen MR) is 110 cm³/mol. The van der Waals surface area contributed by atoms with Gasteiger partial charge in [0.1, 0.15) is 0 Å². The second kappa shape index (κ2) is 6.46. The van der Waals surface area contributed by atoms with Crippen molar-refractivity contribution in [2.24, 2.45) is 0 Å². The van der Waals surface area contributed by atoms with Crippen molar-refractivity contribution < 1.29 is 14.1 Å². The fourth-order valence-electron chi connectivity index (χ4n) is 3.20. The van der Waals surface area contributed by atoms with Gasteiger partial charge >= 0.3 is 7.12 Å². The van der Waals surface area contributed by atoms with Gasteiger partial charge in [0, 0.05) is 11.9 Å². The topological polar surface area (TPSA) is 64.9 Å². The number of carbonyl (C=O) groups excluding carboxylic acids is 1. The van der Waals surface area contributed by atoms with Gasteiger partial charge in [-0.2, -0.15) is 5.10 Å². The highest BCUT2D eigenvalue weighted by molar-refractivity contribution is 6.62. The number of hydrogen-bond donors (Lipinski definition) is 1. The lowest BCUT2D eigenvalue weighted by molar-refractivity contribution is 0.00578. The van der Waals surface area contributed by atoms with Crippen LogP contribution in [-0.4, -0.2) is 33.8 Å². The molecule has 4 rings (SSSR count). The smallest absolute Gasteiger partial charge is 0.399 e. The van der Waals surface area contributed by atoms with Gasteiger partial charge in [-0.15, -0.1) is 0 Å². The number of rotatable bonds is 3. The zero-order chi connectivity index (χ0) is 20.1. The number of nitrogens with zero attached hydrogens (tertiary/aromatic N) is 2. The first-order valence-corrected chi connectivity index (χ1v) is 9.38. The van der Waals surface area contributed by atoms with Gasteiger partial charge in [-0.3, -0.25) is 4.79 Å².